The van der Waals surface area contributed by atoms with E-state index in [0.717, 1.165) is 11.6 Å². The quantitative estimate of drug-likeness (QED) is 0.635. The lowest BCUT2D eigenvalue weighted by Gasteiger charge is -2.16. The van der Waals surface area contributed by atoms with Gasteiger partial charge < -0.3 is 11.1 Å². The van der Waals surface area contributed by atoms with Crippen molar-refractivity contribution in [3.8, 4) is 0 Å². The van der Waals surface area contributed by atoms with E-state index < -0.39 is 41.0 Å². The summed E-state index contributed by atoms with van der Waals surface area (Å²) in [6.07, 6.45) is 0. The normalized spacial score (nSPS) is 13.2. The van der Waals surface area contributed by atoms with Gasteiger partial charge in [0, 0.05) is 11.6 Å². The van der Waals surface area contributed by atoms with Crippen LogP contribution in [-0.2, 0) is 10.0 Å². The molecular formula is C18H21F2N3O3S. The number of nitrogens with one attached hydrogen (secondary N) is 2. The molecular weight excluding hydrogens is 376 g/mol. The largest absolute Gasteiger partial charge is 0.346 e. The summed E-state index contributed by atoms with van der Waals surface area (Å²) < 4.78 is 54.0. The first kappa shape index (κ1) is 20.9. The second-order valence-electron chi connectivity index (χ2n) is 6.02. The number of alkyl halides is 2. The second-order valence-corrected chi connectivity index (χ2v) is 7.74. The van der Waals surface area contributed by atoms with Gasteiger partial charge in [-0.15, -0.1) is 0 Å². The van der Waals surface area contributed by atoms with Crippen LogP contribution in [0.15, 0.2) is 59.5 Å². The first-order chi connectivity index (χ1) is 12.6. The van der Waals surface area contributed by atoms with Crippen molar-refractivity contribution in [3.63, 3.8) is 0 Å². The number of amides is 1. The number of nitrogens with two attached hydrogens (primary N) is 1. The van der Waals surface area contributed by atoms with Gasteiger partial charge in [-0.3, -0.25) is 4.79 Å². The monoisotopic (exact) mass is 397 g/mol. The lowest BCUT2D eigenvalue weighted by Crippen LogP contribution is -2.41. The SMILES string of the molecule is CC(NS(=O)(=O)c1cccc(C(=O)NCC(F)(F)CN)c1)c1ccccc1. The molecule has 27 heavy (non-hydrogen) atoms. The topological polar surface area (TPSA) is 101 Å². The first-order valence-corrected chi connectivity index (χ1v) is 9.66. The van der Waals surface area contributed by atoms with Crippen LogP contribution in [0.4, 0.5) is 8.78 Å². The van der Waals surface area contributed by atoms with Gasteiger partial charge in [-0.1, -0.05) is 36.4 Å². The fourth-order valence-electron chi connectivity index (χ4n) is 2.30. The number of benzene rings is 2. The van der Waals surface area contributed by atoms with Crippen molar-refractivity contribution in [3.05, 3.63) is 65.7 Å². The maximum Gasteiger partial charge on any atom is 0.277 e. The predicted molar refractivity (Wildman–Crippen MR) is 98.0 cm³/mol. The zero-order chi connectivity index (χ0) is 20.1. The van der Waals surface area contributed by atoms with E-state index in [4.69, 9.17) is 5.73 Å². The highest BCUT2D eigenvalue weighted by atomic mass is 32.2. The van der Waals surface area contributed by atoms with Gasteiger partial charge in [-0.25, -0.2) is 21.9 Å². The molecule has 0 radical (unpaired) electrons. The molecule has 2 rings (SSSR count). The number of sulfonamides is 1. The number of hydrogen-bond donors (Lipinski definition) is 3. The van der Waals surface area contributed by atoms with Gasteiger partial charge >= 0.3 is 0 Å². The standard InChI is InChI=1S/C18H21F2N3O3S/c1-13(14-6-3-2-4-7-14)23-27(25,26)16-9-5-8-15(10-16)17(24)22-12-18(19,20)11-21/h2-10,13,23H,11-12,21H2,1H3,(H,22,24). The number of carbonyl (C=O) groups is 1. The van der Waals surface area contributed by atoms with Gasteiger partial charge in [0.05, 0.1) is 18.0 Å². The van der Waals surface area contributed by atoms with Crippen LogP contribution in [0.3, 0.4) is 0 Å². The zero-order valence-corrected chi connectivity index (χ0v) is 15.5. The molecule has 1 unspecified atom stereocenters. The second kappa shape index (κ2) is 8.55. The van der Waals surface area contributed by atoms with E-state index in [1.54, 1.807) is 31.2 Å². The van der Waals surface area contributed by atoms with Crippen molar-refractivity contribution < 1.29 is 22.0 Å². The lowest BCUT2D eigenvalue weighted by molar-refractivity contribution is 0.0118. The van der Waals surface area contributed by atoms with Gasteiger partial charge in [0.1, 0.15) is 0 Å². The molecule has 6 nitrogen and oxygen atoms in total. The number of rotatable bonds is 8. The van der Waals surface area contributed by atoms with E-state index in [-0.39, 0.29) is 10.5 Å². The van der Waals surface area contributed by atoms with Crippen LogP contribution in [-0.4, -0.2) is 33.3 Å². The molecule has 0 spiro atoms. The third-order valence-corrected chi connectivity index (χ3v) is 5.38. The molecule has 0 heterocycles. The van der Waals surface area contributed by atoms with Crippen molar-refractivity contribution in [1.82, 2.24) is 10.0 Å². The Balaban J connectivity index is 2.14. The number of halogens is 2. The Hall–Kier alpha value is -2.36. The molecule has 0 saturated heterocycles. The van der Waals surface area contributed by atoms with Crippen LogP contribution in [0.1, 0.15) is 28.9 Å². The fourth-order valence-corrected chi connectivity index (χ4v) is 3.58. The zero-order valence-electron chi connectivity index (χ0n) is 14.7. The molecule has 0 aliphatic rings. The summed E-state index contributed by atoms with van der Waals surface area (Å²) >= 11 is 0. The number of hydrogen-bond acceptors (Lipinski definition) is 4. The van der Waals surface area contributed by atoms with Crippen molar-refractivity contribution in [2.75, 3.05) is 13.1 Å². The Morgan fingerprint density at radius 3 is 2.44 bits per heavy atom. The molecule has 0 aliphatic heterocycles. The molecule has 0 fully saturated rings. The lowest BCUT2D eigenvalue weighted by atomic mass is 10.1. The van der Waals surface area contributed by atoms with E-state index >= 15 is 0 Å². The molecule has 146 valence electrons. The molecule has 2 aromatic rings. The van der Waals surface area contributed by atoms with E-state index in [1.165, 1.54) is 18.2 Å². The Bertz CT molecular complexity index is 890. The van der Waals surface area contributed by atoms with Crippen molar-refractivity contribution >= 4 is 15.9 Å². The molecule has 1 atom stereocenters. The van der Waals surface area contributed by atoms with Crippen LogP contribution in [0, 0.1) is 0 Å². The maximum atomic E-state index is 13.2. The van der Waals surface area contributed by atoms with E-state index in [9.17, 15) is 22.0 Å². The molecule has 0 aromatic heterocycles. The minimum absolute atomic E-state index is 0.0435. The van der Waals surface area contributed by atoms with Crippen LogP contribution < -0.4 is 15.8 Å². The summed E-state index contributed by atoms with van der Waals surface area (Å²) in [4.78, 5) is 11.9. The van der Waals surface area contributed by atoms with Crippen LogP contribution in [0.5, 0.6) is 0 Å². The van der Waals surface area contributed by atoms with Crippen molar-refractivity contribution in [1.29, 1.82) is 0 Å². The van der Waals surface area contributed by atoms with E-state index in [2.05, 4.69) is 10.0 Å². The summed E-state index contributed by atoms with van der Waals surface area (Å²) in [5, 5.41) is 2.05. The highest BCUT2D eigenvalue weighted by Gasteiger charge is 2.27. The fraction of sp³-hybridized carbons (Fsp3) is 0.278. The summed E-state index contributed by atoms with van der Waals surface area (Å²) in [7, 11) is -3.91. The summed E-state index contributed by atoms with van der Waals surface area (Å²) in [6, 6.07) is 13.7. The van der Waals surface area contributed by atoms with Crippen LogP contribution in [0.2, 0.25) is 0 Å². The third-order valence-electron chi connectivity index (χ3n) is 3.84. The molecule has 4 N–H and O–H groups in total. The minimum atomic E-state index is -3.91. The number of carbonyl (C=O) groups excluding carboxylic acids is 1. The first-order valence-electron chi connectivity index (χ1n) is 8.18. The molecule has 0 saturated carbocycles. The van der Waals surface area contributed by atoms with Crippen LogP contribution in [0.25, 0.3) is 0 Å². The van der Waals surface area contributed by atoms with Gasteiger partial charge in [0.25, 0.3) is 11.8 Å². The Morgan fingerprint density at radius 1 is 1.15 bits per heavy atom. The molecule has 1 amide bonds. The summed E-state index contributed by atoms with van der Waals surface area (Å²) in [5.41, 5.74) is 5.65. The maximum absolute atomic E-state index is 13.2. The average Bonchev–Trinajstić information content (AvgIpc) is 2.66. The van der Waals surface area contributed by atoms with Gasteiger partial charge in [-0.2, -0.15) is 0 Å². The highest BCUT2D eigenvalue weighted by Crippen LogP contribution is 2.18. The molecule has 0 aliphatic carbocycles. The van der Waals surface area contributed by atoms with Gasteiger partial charge in [-0.05, 0) is 30.7 Å². The predicted octanol–water partition coefficient (Wildman–Crippen LogP) is 2.05. The Kier molecular flexibility index (Phi) is 6.63. The smallest absolute Gasteiger partial charge is 0.277 e. The minimum Gasteiger partial charge on any atom is -0.346 e. The molecule has 9 heteroatoms. The summed E-state index contributed by atoms with van der Waals surface area (Å²) in [5.74, 6) is -4.04. The van der Waals surface area contributed by atoms with Crippen molar-refractivity contribution in [2.45, 2.75) is 23.8 Å². The van der Waals surface area contributed by atoms with Gasteiger partial charge in [0.2, 0.25) is 10.0 Å². The molecule has 2 aromatic carbocycles. The Morgan fingerprint density at radius 2 is 1.81 bits per heavy atom. The van der Waals surface area contributed by atoms with Gasteiger partial charge in [0.15, 0.2) is 0 Å². The third kappa shape index (κ3) is 5.81. The Labute approximate surface area is 156 Å². The highest BCUT2D eigenvalue weighted by molar-refractivity contribution is 7.89. The van der Waals surface area contributed by atoms with Crippen LogP contribution >= 0.6 is 0 Å². The average molecular weight is 397 g/mol. The summed E-state index contributed by atoms with van der Waals surface area (Å²) in [6.45, 7) is -0.135. The van der Waals surface area contributed by atoms with Crippen molar-refractivity contribution in [2.24, 2.45) is 5.73 Å². The molecule has 0 bridgehead atoms. The van der Waals surface area contributed by atoms with E-state index in [1.807, 2.05) is 6.07 Å². The van der Waals surface area contributed by atoms with E-state index in [0.29, 0.717) is 0 Å².